The maximum atomic E-state index is 5.48. The molecule has 1 aromatic heterocycles. The van der Waals surface area contributed by atoms with Crippen molar-refractivity contribution in [2.45, 2.75) is 27.7 Å². The van der Waals surface area contributed by atoms with Crippen LogP contribution in [0.4, 0.5) is 10.8 Å². The van der Waals surface area contributed by atoms with Crippen molar-refractivity contribution in [3.8, 4) is 17.0 Å². The maximum absolute atomic E-state index is 5.48. The minimum Gasteiger partial charge on any atom is -0.494 e. The Morgan fingerprint density at radius 3 is 2.50 bits per heavy atom. The smallest absolute Gasteiger partial charge is 0.187 e. The van der Waals surface area contributed by atoms with Crippen LogP contribution < -0.4 is 10.1 Å². The van der Waals surface area contributed by atoms with E-state index in [0.717, 1.165) is 22.3 Å². The van der Waals surface area contributed by atoms with Gasteiger partial charge in [-0.1, -0.05) is 17.7 Å². The molecule has 24 heavy (non-hydrogen) atoms. The van der Waals surface area contributed by atoms with Crippen molar-refractivity contribution in [3.63, 3.8) is 0 Å². The average molecular weight is 338 g/mol. The van der Waals surface area contributed by atoms with Crippen LogP contribution >= 0.6 is 11.3 Å². The third-order valence-corrected chi connectivity index (χ3v) is 4.75. The highest BCUT2D eigenvalue weighted by atomic mass is 32.1. The summed E-state index contributed by atoms with van der Waals surface area (Å²) in [6.45, 7) is 9.03. The molecule has 0 atom stereocenters. The molecule has 0 amide bonds. The number of ether oxygens (including phenoxy) is 1. The fourth-order valence-electron chi connectivity index (χ4n) is 2.62. The molecule has 0 saturated heterocycles. The second-order valence-corrected chi connectivity index (χ2v) is 7.03. The third kappa shape index (κ3) is 3.60. The van der Waals surface area contributed by atoms with Crippen LogP contribution in [-0.4, -0.2) is 11.6 Å². The Hall–Kier alpha value is -2.33. The van der Waals surface area contributed by atoms with Crippen LogP contribution in [-0.2, 0) is 0 Å². The van der Waals surface area contributed by atoms with Crippen LogP contribution in [0.5, 0.6) is 5.75 Å². The molecule has 4 heteroatoms. The predicted octanol–water partition coefficient (Wildman–Crippen LogP) is 5.88. The molecular weight excluding hydrogens is 316 g/mol. The maximum Gasteiger partial charge on any atom is 0.187 e. The van der Waals surface area contributed by atoms with E-state index in [1.54, 1.807) is 11.3 Å². The van der Waals surface area contributed by atoms with Crippen LogP contribution in [0.1, 0.15) is 22.9 Å². The van der Waals surface area contributed by atoms with Gasteiger partial charge in [0, 0.05) is 16.1 Å². The van der Waals surface area contributed by atoms with Gasteiger partial charge < -0.3 is 10.1 Å². The van der Waals surface area contributed by atoms with Gasteiger partial charge >= 0.3 is 0 Å². The molecule has 1 N–H and O–H groups in total. The first-order valence-electron chi connectivity index (χ1n) is 8.11. The zero-order valence-electron chi connectivity index (χ0n) is 14.5. The molecule has 124 valence electrons. The van der Waals surface area contributed by atoms with Crippen LogP contribution in [0.2, 0.25) is 0 Å². The first kappa shape index (κ1) is 16.5. The number of thiazole rings is 1. The minimum atomic E-state index is 0.678. The number of aromatic nitrogens is 1. The van der Waals surface area contributed by atoms with Gasteiger partial charge in [0.25, 0.3) is 0 Å². The summed E-state index contributed by atoms with van der Waals surface area (Å²) in [5.74, 6) is 0.884. The molecule has 1 heterocycles. The lowest BCUT2D eigenvalue weighted by Crippen LogP contribution is -1.93. The second kappa shape index (κ2) is 7.05. The highest BCUT2D eigenvalue weighted by Crippen LogP contribution is 2.34. The Kier molecular flexibility index (Phi) is 4.86. The summed E-state index contributed by atoms with van der Waals surface area (Å²) in [4.78, 5) is 6.03. The summed E-state index contributed by atoms with van der Waals surface area (Å²) >= 11 is 1.68. The average Bonchev–Trinajstić information content (AvgIpc) is 2.92. The molecule has 3 nitrogen and oxygen atoms in total. The van der Waals surface area contributed by atoms with Gasteiger partial charge in [-0.3, -0.25) is 0 Å². The molecule has 0 aliphatic rings. The first-order valence-corrected chi connectivity index (χ1v) is 8.93. The van der Waals surface area contributed by atoms with E-state index >= 15 is 0 Å². The number of rotatable bonds is 5. The van der Waals surface area contributed by atoms with Crippen molar-refractivity contribution in [2.24, 2.45) is 0 Å². The van der Waals surface area contributed by atoms with Crippen LogP contribution in [0.25, 0.3) is 11.3 Å². The van der Waals surface area contributed by atoms with Crippen molar-refractivity contribution in [1.82, 2.24) is 4.98 Å². The second-order valence-electron chi connectivity index (χ2n) is 5.82. The molecule has 0 radical (unpaired) electrons. The van der Waals surface area contributed by atoms with E-state index in [0.29, 0.717) is 6.61 Å². The Labute approximate surface area is 147 Å². The highest BCUT2D eigenvalue weighted by Gasteiger charge is 2.12. The molecule has 0 unspecified atom stereocenters. The van der Waals surface area contributed by atoms with Crippen LogP contribution in [0, 0.1) is 20.8 Å². The molecule has 2 aromatic carbocycles. The van der Waals surface area contributed by atoms with Crippen molar-refractivity contribution >= 4 is 22.2 Å². The standard InChI is InChI=1S/C20H22N2OS/c1-5-23-17-10-8-16(9-11-17)21-20-22-19(15(4)24-20)18-12-13(2)6-7-14(18)3/h6-12H,5H2,1-4H3,(H,21,22). The number of benzene rings is 2. The Morgan fingerprint density at radius 2 is 1.79 bits per heavy atom. The van der Waals surface area contributed by atoms with Gasteiger partial charge in [-0.2, -0.15) is 0 Å². The lowest BCUT2D eigenvalue weighted by Gasteiger charge is -2.06. The number of hydrogen-bond acceptors (Lipinski definition) is 4. The Balaban J connectivity index is 1.85. The summed E-state index contributed by atoms with van der Waals surface area (Å²) in [5, 5.41) is 4.30. The van der Waals surface area contributed by atoms with Crippen molar-refractivity contribution in [3.05, 3.63) is 58.5 Å². The SMILES string of the molecule is CCOc1ccc(Nc2nc(-c3cc(C)ccc3C)c(C)s2)cc1. The van der Waals surface area contributed by atoms with E-state index in [1.165, 1.54) is 21.6 Å². The lowest BCUT2D eigenvalue weighted by atomic mass is 10.0. The van der Waals surface area contributed by atoms with Crippen molar-refractivity contribution in [2.75, 3.05) is 11.9 Å². The zero-order chi connectivity index (χ0) is 17.1. The fourth-order valence-corrected chi connectivity index (χ4v) is 3.46. The summed E-state index contributed by atoms with van der Waals surface area (Å²) in [7, 11) is 0. The highest BCUT2D eigenvalue weighted by molar-refractivity contribution is 7.16. The van der Waals surface area contributed by atoms with E-state index < -0.39 is 0 Å². The molecule has 0 fully saturated rings. The molecule has 0 aliphatic heterocycles. The molecule has 3 rings (SSSR count). The number of hydrogen-bond donors (Lipinski definition) is 1. The molecule has 3 aromatic rings. The van der Waals surface area contributed by atoms with Gasteiger partial charge in [-0.05, 0) is 63.6 Å². The molecule has 0 saturated carbocycles. The van der Waals surface area contributed by atoms with Gasteiger partial charge in [0.1, 0.15) is 5.75 Å². The zero-order valence-corrected chi connectivity index (χ0v) is 15.3. The molecule has 0 aliphatic carbocycles. The number of nitrogens with one attached hydrogen (secondary N) is 1. The molecule has 0 bridgehead atoms. The predicted molar refractivity (Wildman–Crippen MR) is 103 cm³/mol. The number of aryl methyl sites for hydroxylation is 3. The van der Waals surface area contributed by atoms with Crippen molar-refractivity contribution in [1.29, 1.82) is 0 Å². The normalized spacial score (nSPS) is 10.7. The van der Waals surface area contributed by atoms with Gasteiger partial charge in [0.15, 0.2) is 5.13 Å². The quantitative estimate of drug-likeness (QED) is 0.631. The summed E-state index contributed by atoms with van der Waals surface area (Å²) in [5.41, 5.74) is 5.79. The van der Waals surface area contributed by atoms with Gasteiger partial charge in [0.05, 0.1) is 12.3 Å². The molecular formula is C20H22N2OS. The Morgan fingerprint density at radius 1 is 1.04 bits per heavy atom. The topological polar surface area (TPSA) is 34.1 Å². The van der Waals surface area contributed by atoms with Gasteiger partial charge in [-0.15, -0.1) is 11.3 Å². The first-order chi connectivity index (χ1) is 11.6. The van der Waals surface area contributed by atoms with E-state index in [9.17, 15) is 0 Å². The van der Waals surface area contributed by atoms with Gasteiger partial charge in [-0.25, -0.2) is 4.98 Å². The van der Waals surface area contributed by atoms with Gasteiger partial charge in [0.2, 0.25) is 0 Å². The monoisotopic (exact) mass is 338 g/mol. The van der Waals surface area contributed by atoms with E-state index in [-0.39, 0.29) is 0 Å². The lowest BCUT2D eigenvalue weighted by molar-refractivity contribution is 0.340. The van der Waals surface area contributed by atoms with E-state index in [1.807, 2.05) is 31.2 Å². The third-order valence-electron chi connectivity index (χ3n) is 3.86. The van der Waals surface area contributed by atoms with E-state index in [2.05, 4.69) is 44.3 Å². The Bertz CT molecular complexity index is 837. The van der Waals surface area contributed by atoms with Crippen molar-refractivity contribution < 1.29 is 4.74 Å². The number of nitrogens with zero attached hydrogens (tertiary/aromatic N) is 1. The minimum absolute atomic E-state index is 0.678. The summed E-state index contributed by atoms with van der Waals surface area (Å²) < 4.78 is 5.48. The van der Waals surface area contributed by atoms with Crippen LogP contribution in [0.3, 0.4) is 0 Å². The molecule has 0 spiro atoms. The van der Waals surface area contributed by atoms with E-state index in [4.69, 9.17) is 9.72 Å². The summed E-state index contributed by atoms with van der Waals surface area (Å²) in [6.07, 6.45) is 0. The fraction of sp³-hybridized carbons (Fsp3) is 0.250. The number of anilines is 2. The summed E-state index contributed by atoms with van der Waals surface area (Å²) in [6, 6.07) is 14.5. The largest absolute Gasteiger partial charge is 0.494 e. The van der Waals surface area contributed by atoms with Crippen LogP contribution in [0.15, 0.2) is 42.5 Å².